The van der Waals surface area contributed by atoms with Crippen molar-refractivity contribution in [1.82, 2.24) is 10.3 Å². The number of esters is 1. The van der Waals surface area contributed by atoms with Crippen molar-refractivity contribution in [2.75, 3.05) is 27.9 Å². The second-order valence-electron chi connectivity index (χ2n) is 7.19. The Balaban J connectivity index is 2.19. The second-order valence-corrected chi connectivity index (χ2v) is 8.01. The lowest BCUT2D eigenvalue weighted by Gasteiger charge is -2.36. The molecule has 1 heterocycles. The van der Waals surface area contributed by atoms with E-state index >= 15 is 0 Å². The summed E-state index contributed by atoms with van der Waals surface area (Å²) < 4.78 is 21.9. The van der Waals surface area contributed by atoms with E-state index in [1.807, 2.05) is 12.1 Å². The number of carbonyl (C=O) groups is 1. The van der Waals surface area contributed by atoms with Crippen molar-refractivity contribution in [2.45, 2.75) is 19.9 Å². The number of hydrazone groups is 1. The number of benzene rings is 2. The van der Waals surface area contributed by atoms with Crippen molar-refractivity contribution >= 4 is 41.1 Å². The number of rotatable bonds is 8. The predicted octanol–water partition coefficient (Wildman–Crippen LogP) is 4.47. The van der Waals surface area contributed by atoms with Gasteiger partial charge in [0.2, 0.25) is 5.75 Å². The second kappa shape index (κ2) is 11.2. The highest BCUT2D eigenvalue weighted by Crippen LogP contribution is 2.43. The fourth-order valence-electron chi connectivity index (χ4n) is 3.57. The van der Waals surface area contributed by atoms with Gasteiger partial charge in [0.15, 0.2) is 16.6 Å². The van der Waals surface area contributed by atoms with E-state index in [-0.39, 0.29) is 6.61 Å². The van der Waals surface area contributed by atoms with Gasteiger partial charge >= 0.3 is 5.97 Å². The van der Waals surface area contributed by atoms with Crippen molar-refractivity contribution < 1.29 is 23.7 Å². The van der Waals surface area contributed by atoms with Crippen molar-refractivity contribution in [3.05, 3.63) is 63.8 Å². The van der Waals surface area contributed by atoms with Crippen molar-refractivity contribution in [1.29, 1.82) is 0 Å². The van der Waals surface area contributed by atoms with Gasteiger partial charge < -0.3 is 24.3 Å². The molecule has 34 heavy (non-hydrogen) atoms. The number of ether oxygens (including phenoxy) is 4. The molecule has 3 rings (SSSR count). The SMILES string of the molecule is CCOC(=O)C1=C(C)NC(=S)N(/N=C/c2ccc(Cl)cc2)C1c1cc(OC)c(OC)c(OC)c1. The third-order valence-corrected chi connectivity index (χ3v) is 5.66. The van der Waals surface area contributed by atoms with Gasteiger partial charge in [0.05, 0.1) is 39.7 Å². The minimum absolute atomic E-state index is 0.218. The van der Waals surface area contributed by atoms with Gasteiger partial charge in [-0.25, -0.2) is 9.80 Å². The van der Waals surface area contributed by atoms with E-state index in [1.165, 1.54) is 21.3 Å². The molecule has 1 N–H and O–H groups in total. The normalized spacial score (nSPS) is 15.9. The molecule has 0 fully saturated rings. The first kappa shape index (κ1) is 25.3. The molecule has 0 aliphatic carbocycles. The molecule has 1 unspecified atom stereocenters. The molecule has 0 saturated carbocycles. The molecule has 0 aromatic heterocycles. The number of hydrogen-bond acceptors (Lipinski definition) is 7. The molecule has 0 bridgehead atoms. The van der Waals surface area contributed by atoms with Gasteiger partial charge in [0.25, 0.3) is 0 Å². The van der Waals surface area contributed by atoms with E-state index in [0.29, 0.717) is 44.2 Å². The zero-order valence-electron chi connectivity index (χ0n) is 19.5. The van der Waals surface area contributed by atoms with Gasteiger partial charge in [-0.1, -0.05) is 23.7 Å². The molecule has 8 nitrogen and oxygen atoms in total. The number of thiocarbonyl (C=S) groups is 1. The molecular weight excluding hydrogens is 478 g/mol. The van der Waals surface area contributed by atoms with Crippen LogP contribution in [0.2, 0.25) is 5.02 Å². The number of carbonyl (C=O) groups excluding carboxylic acids is 1. The summed E-state index contributed by atoms with van der Waals surface area (Å²) in [6.07, 6.45) is 1.64. The highest BCUT2D eigenvalue weighted by molar-refractivity contribution is 7.80. The zero-order chi connectivity index (χ0) is 24.8. The highest BCUT2D eigenvalue weighted by Gasteiger charge is 2.38. The first-order chi connectivity index (χ1) is 16.3. The molecule has 2 aromatic carbocycles. The summed E-state index contributed by atoms with van der Waals surface area (Å²) in [5, 5.41) is 10.1. The topological polar surface area (TPSA) is 81.6 Å². The Morgan fingerprint density at radius 3 is 2.29 bits per heavy atom. The maximum atomic E-state index is 13.0. The monoisotopic (exact) mass is 503 g/mol. The van der Waals surface area contributed by atoms with Crippen LogP contribution < -0.4 is 19.5 Å². The largest absolute Gasteiger partial charge is 0.493 e. The smallest absolute Gasteiger partial charge is 0.338 e. The fraction of sp³-hybridized carbons (Fsp3) is 0.292. The van der Waals surface area contributed by atoms with Gasteiger partial charge in [-0.15, -0.1) is 0 Å². The molecule has 0 amide bonds. The lowest BCUT2D eigenvalue weighted by atomic mass is 9.94. The predicted molar refractivity (Wildman–Crippen MR) is 135 cm³/mol. The molecule has 180 valence electrons. The molecular formula is C24H26ClN3O5S. The molecule has 1 aliphatic rings. The van der Waals surface area contributed by atoms with Crippen LogP contribution in [0.1, 0.15) is 31.0 Å². The number of hydrogen-bond donors (Lipinski definition) is 1. The van der Waals surface area contributed by atoms with Crippen LogP contribution in [-0.2, 0) is 9.53 Å². The van der Waals surface area contributed by atoms with Crippen LogP contribution in [0.25, 0.3) is 0 Å². The number of methoxy groups -OCH3 is 3. The Hall–Kier alpha value is -3.30. The molecule has 10 heteroatoms. The van der Waals surface area contributed by atoms with Crippen molar-refractivity contribution in [3.8, 4) is 17.2 Å². The summed E-state index contributed by atoms with van der Waals surface area (Å²) in [7, 11) is 4.58. The third-order valence-electron chi connectivity index (χ3n) is 5.12. The maximum absolute atomic E-state index is 13.0. The minimum Gasteiger partial charge on any atom is -0.493 e. The third kappa shape index (κ3) is 5.26. The van der Waals surface area contributed by atoms with Crippen LogP contribution in [0, 0.1) is 0 Å². The van der Waals surface area contributed by atoms with Gasteiger partial charge in [0.1, 0.15) is 6.04 Å². The Labute approximate surface area is 209 Å². The van der Waals surface area contributed by atoms with Crippen LogP contribution in [-0.4, -0.2) is 50.2 Å². The summed E-state index contributed by atoms with van der Waals surface area (Å²) in [5.41, 5.74) is 2.38. The lowest BCUT2D eigenvalue weighted by molar-refractivity contribution is -0.139. The zero-order valence-corrected chi connectivity index (χ0v) is 21.1. The Morgan fingerprint density at radius 1 is 1.15 bits per heavy atom. The Kier molecular flexibility index (Phi) is 8.36. The standard InChI is InChI=1S/C24H26ClN3O5S/c1-6-33-23(29)20-14(2)27-24(34)28(26-13-15-7-9-17(25)10-8-15)21(20)16-11-18(30-3)22(32-5)19(12-16)31-4/h7-13,21H,6H2,1-5H3,(H,27,34)/b26-13+. The van der Waals surface area contributed by atoms with Gasteiger partial charge in [0, 0.05) is 10.7 Å². The van der Waals surface area contributed by atoms with Crippen molar-refractivity contribution in [2.24, 2.45) is 5.10 Å². The number of nitrogens with one attached hydrogen (secondary N) is 1. The van der Waals surface area contributed by atoms with Gasteiger partial charge in [-0.3, -0.25) is 0 Å². The van der Waals surface area contributed by atoms with E-state index in [2.05, 4.69) is 10.4 Å². The lowest BCUT2D eigenvalue weighted by Crippen LogP contribution is -2.46. The van der Waals surface area contributed by atoms with Crippen LogP contribution in [0.5, 0.6) is 17.2 Å². The molecule has 0 radical (unpaired) electrons. The van der Waals surface area contributed by atoms with Crippen LogP contribution >= 0.6 is 23.8 Å². The van der Waals surface area contributed by atoms with E-state index in [1.54, 1.807) is 49.3 Å². The van der Waals surface area contributed by atoms with Gasteiger partial charge in [-0.05, 0) is 61.5 Å². The first-order valence-corrected chi connectivity index (χ1v) is 11.2. The quantitative estimate of drug-likeness (QED) is 0.321. The summed E-state index contributed by atoms with van der Waals surface area (Å²) in [6.45, 7) is 3.74. The number of allylic oxidation sites excluding steroid dienone is 1. The van der Waals surface area contributed by atoms with E-state index in [4.69, 9.17) is 42.8 Å². The molecule has 0 saturated heterocycles. The summed E-state index contributed by atoms with van der Waals surface area (Å²) in [6, 6.07) is 9.99. The number of halogens is 1. The summed E-state index contributed by atoms with van der Waals surface area (Å²) in [4.78, 5) is 13.0. The number of nitrogens with zero attached hydrogens (tertiary/aromatic N) is 2. The van der Waals surface area contributed by atoms with Crippen LogP contribution in [0.15, 0.2) is 52.8 Å². The van der Waals surface area contributed by atoms with E-state index in [0.717, 1.165) is 5.56 Å². The van der Waals surface area contributed by atoms with Crippen LogP contribution in [0.4, 0.5) is 0 Å². The Bertz CT molecular complexity index is 1110. The first-order valence-electron chi connectivity index (χ1n) is 10.4. The molecule has 1 atom stereocenters. The average molecular weight is 504 g/mol. The summed E-state index contributed by atoms with van der Waals surface area (Å²) in [5.74, 6) is 0.813. The maximum Gasteiger partial charge on any atom is 0.338 e. The molecule has 2 aromatic rings. The van der Waals surface area contributed by atoms with Crippen molar-refractivity contribution in [3.63, 3.8) is 0 Å². The minimum atomic E-state index is -0.718. The fourth-order valence-corrected chi connectivity index (χ4v) is 4.00. The van der Waals surface area contributed by atoms with E-state index in [9.17, 15) is 4.79 Å². The average Bonchev–Trinajstić information content (AvgIpc) is 2.83. The molecule has 0 spiro atoms. The van der Waals surface area contributed by atoms with Gasteiger partial charge in [-0.2, -0.15) is 5.10 Å². The summed E-state index contributed by atoms with van der Waals surface area (Å²) >= 11 is 11.6. The Morgan fingerprint density at radius 2 is 1.76 bits per heavy atom. The van der Waals surface area contributed by atoms with E-state index < -0.39 is 12.0 Å². The highest BCUT2D eigenvalue weighted by atomic mass is 35.5. The van der Waals surface area contributed by atoms with Crippen LogP contribution in [0.3, 0.4) is 0 Å². The molecule has 1 aliphatic heterocycles.